The Hall–Kier alpha value is -2.22. The number of benzene rings is 4. The standard InChI is InChI=1S/2C24H27.C2H6Si.2ClH.Zr/c2*1-18-9-11-20(12-10-18)22-8-6-7-21-15-19(16-23(21)22)17-24(2)13-4-3-5-14-24;1-3-2;;;/h2*6-12,15-16H,3-5,13-14,17H2,1-2H3;1-2H3;2*1H;/q2*-1;;;;+2/p-2. The van der Waals surface area contributed by atoms with Gasteiger partial charge in [0.25, 0.3) is 0 Å². The monoisotopic (exact) mass is 848 g/mol. The molecule has 2 saturated carbocycles. The van der Waals surface area contributed by atoms with E-state index in [1.807, 2.05) is 0 Å². The van der Waals surface area contributed by atoms with Gasteiger partial charge in [0.15, 0.2) is 0 Å². The van der Waals surface area contributed by atoms with Gasteiger partial charge in [0, 0.05) is 0 Å². The Labute approximate surface area is 354 Å². The Morgan fingerprint density at radius 2 is 0.870 bits per heavy atom. The molecular weight excluding hydrogens is 791 g/mol. The molecule has 284 valence electrons. The van der Waals surface area contributed by atoms with Crippen molar-refractivity contribution >= 4 is 27.0 Å². The molecule has 6 aromatic rings. The quantitative estimate of drug-likeness (QED) is 0.116. The SMILES string of the molecule is C[Si](C)=[Zr+2].Cc1ccc(-c2cccc3[cH-]c(CC4(C)CCCCC4)cc23)cc1.Cc1ccc(-c2cccc3[cH-]c(CC4(C)CCCCC4)cc23)cc1.[Cl-].[Cl-]. The first-order chi connectivity index (χ1) is 25.0. The molecule has 2 fully saturated rings. The second-order valence-corrected chi connectivity index (χ2v) is 26.5. The molecule has 0 spiro atoms. The number of halogens is 2. The van der Waals surface area contributed by atoms with Crippen molar-refractivity contribution < 1.29 is 48.1 Å². The largest absolute Gasteiger partial charge is 1.00 e. The summed E-state index contributed by atoms with van der Waals surface area (Å²) in [5, 5.41) is 5.61. The summed E-state index contributed by atoms with van der Waals surface area (Å²) in [7, 11) is 0. The van der Waals surface area contributed by atoms with Crippen LogP contribution in [0.5, 0.6) is 0 Å². The van der Waals surface area contributed by atoms with E-state index in [9.17, 15) is 0 Å². The fourth-order valence-corrected chi connectivity index (χ4v) is 8.92. The summed E-state index contributed by atoms with van der Waals surface area (Å²) in [5.41, 5.74) is 12.3. The third-order valence-corrected chi connectivity index (χ3v) is 11.7. The van der Waals surface area contributed by atoms with E-state index in [-0.39, 0.29) is 30.2 Å². The zero-order valence-corrected chi connectivity index (χ0v) is 38.6. The number of rotatable bonds is 6. The van der Waals surface area contributed by atoms with Crippen LogP contribution in [-0.2, 0) is 36.2 Å². The molecule has 0 saturated heterocycles. The fraction of sp³-hybridized carbons (Fsp3) is 0.400. The number of hydrogen-bond acceptors (Lipinski definition) is 0. The van der Waals surface area contributed by atoms with Crippen molar-refractivity contribution in [3.63, 3.8) is 0 Å². The van der Waals surface area contributed by atoms with Gasteiger partial charge in [-0.3, -0.25) is 0 Å². The Morgan fingerprint density at radius 1 is 0.537 bits per heavy atom. The average molecular weight is 851 g/mol. The first-order valence-electron chi connectivity index (χ1n) is 20.0. The predicted octanol–water partition coefficient (Wildman–Crippen LogP) is 8.89. The topological polar surface area (TPSA) is 0 Å². The van der Waals surface area contributed by atoms with Crippen LogP contribution in [0, 0.1) is 24.7 Å². The van der Waals surface area contributed by atoms with E-state index in [0.29, 0.717) is 10.8 Å². The minimum Gasteiger partial charge on any atom is -1.00 e. The third kappa shape index (κ3) is 11.9. The molecule has 0 aromatic heterocycles. The van der Waals surface area contributed by atoms with Crippen LogP contribution >= 0.6 is 0 Å². The van der Waals surface area contributed by atoms with Crippen LogP contribution in [0.3, 0.4) is 0 Å². The van der Waals surface area contributed by atoms with Crippen LogP contribution in [-0.4, -0.2) is 5.43 Å². The van der Waals surface area contributed by atoms with E-state index in [4.69, 9.17) is 0 Å². The van der Waals surface area contributed by atoms with Crippen molar-refractivity contribution in [1.82, 2.24) is 0 Å². The Bertz CT molecular complexity index is 1920. The average Bonchev–Trinajstić information content (AvgIpc) is 3.72. The van der Waals surface area contributed by atoms with E-state index in [2.05, 4.69) is 150 Å². The number of hydrogen-bond donors (Lipinski definition) is 0. The van der Waals surface area contributed by atoms with Crippen LogP contribution in [0.25, 0.3) is 43.8 Å². The van der Waals surface area contributed by atoms with Gasteiger partial charge in [0.1, 0.15) is 0 Å². The van der Waals surface area contributed by atoms with Crippen LogP contribution in [0.4, 0.5) is 0 Å². The van der Waals surface area contributed by atoms with Gasteiger partial charge < -0.3 is 24.8 Å². The summed E-state index contributed by atoms with van der Waals surface area (Å²) in [6.45, 7) is 13.9. The molecular formula is C50H60Cl2SiZr-2. The molecule has 0 radical (unpaired) electrons. The molecule has 0 bridgehead atoms. The molecule has 2 aliphatic carbocycles. The molecule has 0 aliphatic heterocycles. The molecule has 2 aliphatic rings. The Kier molecular flexibility index (Phi) is 16.7. The molecule has 0 N–H and O–H groups in total. The first-order valence-corrected chi connectivity index (χ1v) is 26.2. The molecule has 4 heteroatoms. The maximum atomic E-state index is 2.49. The van der Waals surface area contributed by atoms with E-state index >= 15 is 0 Å². The van der Waals surface area contributed by atoms with E-state index in [1.54, 1.807) is 23.3 Å². The van der Waals surface area contributed by atoms with Crippen LogP contribution in [0.1, 0.15) is 100 Å². The van der Waals surface area contributed by atoms with Gasteiger partial charge in [-0.15, -0.1) is 69.1 Å². The minimum absolute atomic E-state index is 0. The van der Waals surface area contributed by atoms with Crippen molar-refractivity contribution in [3.8, 4) is 22.3 Å². The summed E-state index contributed by atoms with van der Waals surface area (Å²) >= 11 is 1.74. The first kappa shape index (κ1) is 44.5. The predicted molar refractivity (Wildman–Crippen MR) is 227 cm³/mol. The second kappa shape index (κ2) is 20.3. The molecule has 0 heterocycles. The Morgan fingerprint density at radius 3 is 1.20 bits per heavy atom. The van der Waals surface area contributed by atoms with E-state index < -0.39 is 0 Å². The minimum atomic E-state index is 0. The summed E-state index contributed by atoms with van der Waals surface area (Å²) in [5.74, 6) is 0. The van der Waals surface area contributed by atoms with Crippen molar-refractivity contribution in [2.24, 2.45) is 10.8 Å². The normalized spacial score (nSPS) is 15.9. The van der Waals surface area contributed by atoms with Gasteiger partial charge in [-0.25, -0.2) is 0 Å². The zero-order valence-electron chi connectivity index (χ0n) is 33.6. The van der Waals surface area contributed by atoms with Gasteiger partial charge in [0.05, 0.1) is 0 Å². The summed E-state index contributed by atoms with van der Waals surface area (Å²) in [6, 6.07) is 41.0. The summed E-state index contributed by atoms with van der Waals surface area (Å²) in [6.07, 6.45) is 16.5. The molecule has 0 amide bonds. The maximum Gasteiger partial charge on any atom is -0.0279 e. The van der Waals surface area contributed by atoms with Gasteiger partial charge in [-0.1, -0.05) is 135 Å². The molecule has 6 aromatic carbocycles. The molecule has 0 unspecified atom stereocenters. The summed E-state index contributed by atoms with van der Waals surface area (Å²) in [4.78, 5) is 0. The van der Waals surface area contributed by atoms with Crippen molar-refractivity contribution in [1.29, 1.82) is 0 Å². The number of aryl methyl sites for hydroxylation is 2. The van der Waals surface area contributed by atoms with Crippen molar-refractivity contribution in [2.75, 3.05) is 0 Å². The van der Waals surface area contributed by atoms with Crippen molar-refractivity contribution in [3.05, 3.63) is 131 Å². The van der Waals surface area contributed by atoms with Crippen LogP contribution in [0.15, 0.2) is 109 Å². The Balaban J connectivity index is 0.000000212. The summed E-state index contributed by atoms with van der Waals surface area (Å²) < 4.78 is 0. The number of fused-ring (bicyclic) bond motifs is 2. The maximum absolute atomic E-state index is 2.49. The fourth-order valence-electron chi connectivity index (χ4n) is 8.92. The molecule has 0 nitrogen and oxygen atoms in total. The van der Waals surface area contributed by atoms with E-state index in [0.717, 1.165) is 0 Å². The smallest absolute Gasteiger partial charge is 0.0279 e. The van der Waals surface area contributed by atoms with Crippen LogP contribution < -0.4 is 24.8 Å². The molecule has 0 atom stereocenters. The van der Waals surface area contributed by atoms with Crippen molar-refractivity contribution in [2.45, 2.75) is 118 Å². The molecule has 54 heavy (non-hydrogen) atoms. The molecule has 8 rings (SSSR count). The zero-order chi connectivity index (χ0) is 36.7. The van der Waals surface area contributed by atoms with E-state index in [1.165, 1.54) is 143 Å². The second-order valence-electron chi connectivity index (χ2n) is 17.2. The van der Waals surface area contributed by atoms with Gasteiger partial charge in [-0.2, -0.15) is 12.1 Å². The van der Waals surface area contributed by atoms with Gasteiger partial charge in [0.2, 0.25) is 0 Å². The van der Waals surface area contributed by atoms with Gasteiger partial charge >= 0.3 is 41.9 Å². The van der Waals surface area contributed by atoms with Crippen LogP contribution in [0.2, 0.25) is 13.1 Å². The van der Waals surface area contributed by atoms with Gasteiger partial charge in [-0.05, 0) is 74.3 Å². The third-order valence-electron chi connectivity index (χ3n) is 11.7.